The van der Waals surface area contributed by atoms with E-state index in [-0.39, 0.29) is 0 Å². The summed E-state index contributed by atoms with van der Waals surface area (Å²) in [6, 6.07) is 0.816. The van der Waals surface area contributed by atoms with E-state index in [0.717, 1.165) is 25.2 Å². The van der Waals surface area contributed by atoms with Gasteiger partial charge in [-0.15, -0.1) is 0 Å². The van der Waals surface area contributed by atoms with Crippen molar-refractivity contribution in [1.29, 1.82) is 0 Å². The number of likely N-dealkylation sites (N-methyl/N-ethyl adjacent to an activating group) is 1. The molecule has 0 N–H and O–H groups in total. The third-order valence-electron chi connectivity index (χ3n) is 6.46. The van der Waals surface area contributed by atoms with Gasteiger partial charge in [0, 0.05) is 52.0 Å². The molecule has 4 nitrogen and oxygen atoms in total. The molecule has 1 atom stereocenters. The zero-order valence-corrected chi connectivity index (χ0v) is 15.9. The van der Waals surface area contributed by atoms with Gasteiger partial charge in [0.15, 0.2) is 0 Å². The maximum Gasteiger partial charge on any atom is 0.0468 e. The highest BCUT2D eigenvalue weighted by molar-refractivity contribution is 4.82. The normalized spacial score (nSPS) is 29.6. The zero-order valence-electron chi connectivity index (χ0n) is 15.9. The van der Waals surface area contributed by atoms with Gasteiger partial charge in [0.25, 0.3) is 0 Å². The smallest absolute Gasteiger partial charge is 0.0468 e. The molecule has 24 heavy (non-hydrogen) atoms. The van der Waals surface area contributed by atoms with Crippen LogP contribution in [-0.4, -0.2) is 86.8 Å². The minimum Gasteiger partial charge on any atom is -0.381 e. The van der Waals surface area contributed by atoms with Crippen LogP contribution in [0, 0.1) is 5.92 Å². The second kappa shape index (κ2) is 10.1. The molecular formula is C20H39N3O. The van der Waals surface area contributed by atoms with Crippen molar-refractivity contribution in [1.82, 2.24) is 14.7 Å². The lowest BCUT2D eigenvalue weighted by molar-refractivity contribution is 0.0625. The Hall–Kier alpha value is -0.160. The summed E-state index contributed by atoms with van der Waals surface area (Å²) in [5.41, 5.74) is 0. The summed E-state index contributed by atoms with van der Waals surface area (Å²) < 4.78 is 5.48. The molecule has 0 radical (unpaired) electrons. The van der Waals surface area contributed by atoms with Crippen molar-refractivity contribution in [3.05, 3.63) is 0 Å². The van der Waals surface area contributed by atoms with Crippen LogP contribution in [0.4, 0.5) is 0 Å². The van der Waals surface area contributed by atoms with Crippen molar-refractivity contribution >= 4 is 0 Å². The lowest BCUT2D eigenvalue weighted by Crippen LogP contribution is -2.51. The topological polar surface area (TPSA) is 19.0 Å². The SMILES string of the molecule is CN1CCN([C@@H]2CCCCN(CCCCC3CCOCC3)C2)CC1. The molecule has 3 aliphatic heterocycles. The van der Waals surface area contributed by atoms with Crippen molar-refractivity contribution < 1.29 is 4.74 Å². The van der Waals surface area contributed by atoms with Gasteiger partial charge in [0.2, 0.25) is 0 Å². The maximum absolute atomic E-state index is 5.48. The molecule has 0 unspecified atom stereocenters. The van der Waals surface area contributed by atoms with Crippen LogP contribution in [0.25, 0.3) is 0 Å². The predicted octanol–water partition coefficient (Wildman–Crippen LogP) is 2.69. The molecule has 140 valence electrons. The van der Waals surface area contributed by atoms with Crippen molar-refractivity contribution in [2.24, 2.45) is 5.92 Å². The van der Waals surface area contributed by atoms with Gasteiger partial charge in [0.1, 0.15) is 0 Å². The number of hydrogen-bond donors (Lipinski definition) is 0. The third kappa shape index (κ3) is 5.98. The first kappa shape index (κ1) is 18.6. The Morgan fingerprint density at radius 1 is 0.875 bits per heavy atom. The van der Waals surface area contributed by atoms with Gasteiger partial charge in [-0.05, 0) is 58.2 Å². The molecule has 0 spiro atoms. The summed E-state index contributed by atoms with van der Waals surface area (Å²) in [4.78, 5) is 8.03. The number of likely N-dealkylation sites (tertiary alicyclic amines) is 1. The number of rotatable bonds is 6. The largest absolute Gasteiger partial charge is 0.381 e. The average Bonchev–Trinajstić information content (AvgIpc) is 2.86. The fraction of sp³-hybridized carbons (Fsp3) is 1.00. The number of unbranched alkanes of at least 4 members (excludes halogenated alkanes) is 1. The monoisotopic (exact) mass is 337 g/mol. The van der Waals surface area contributed by atoms with Gasteiger partial charge >= 0.3 is 0 Å². The highest BCUT2D eigenvalue weighted by Gasteiger charge is 2.25. The molecule has 0 aliphatic carbocycles. The molecule has 3 rings (SSSR count). The van der Waals surface area contributed by atoms with E-state index in [9.17, 15) is 0 Å². The van der Waals surface area contributed by atoms with Crippen LogP contribution in [0.1, 0.15) is 51.4 Å². The highest BCUT2D eigenvalue weighted by atomic mass is 16.5. The molecule has 3 heterocycles. The van der Waals surface area contributed by atoms with E-state index >= 15 is 0 Å². The van der Waals surface area contributed by atoms with Crippen LogP contribution in [0.3, 0.4) is 0 Å². The van der Waals surface area contributed by atoms with Gasteiger partial charge in [-0.25, -0.2) is 0 Å². The minimum absolute atomic E-state index is 0.816. The van der Waals surface area contributed by atoms with Gasteiger partial charge in [-0.2, -0.15) is 0 Å². The quantitative estimate of drug-likeness (QED) is 0.694. The molecule has 3 fully saturated rings. The van der Waals surface area contributed by atoms with Crippen molar-refractivity contribution in [2.45, 2.75) is 57.4 Å². The van der Waals surface area contributed by atoms with Gasteiger partial charge < -0.3 is 14.5 Å². The van der Waals surface area contributed by atoms with Gasteiger partial charge in [-0.3, -0.25) is 4.90 Å². The molecular weight excluding hydrogens is 298 g/mol. The van der Waals surface area contributed by atoms with E-state index in [1.807, 2.05) is 0 Å². The fourth-order valence-electron chi connectivity index (χ4n) is 4.69. The summed E-state index contributed by atoms with van der Waals surface area (Å²) >= 11 is 0. The third-order valence-corrected chi connectivity index (χ3v) is 6.46. The number of hydrogen-bond acceptors (Lipinski definition) is 4. The summed E-state index contributed by atoms with van der Waals surface area (Å²) in [7, 11) is 2.26. The van der Waals surface area contributed by atoms with Crippen molar-refractivity contribution in [2.75, 3.05) is 66.1 Å². The number of nitrogens with zero attached hydrogens (tertiary/aromatic N) is 3. The molecule has 0 aromatic carbocycles. The predicted molar refractivity (Wildman–Crippen MR) is 101 cm³/mol. The van der Waals surface area contributed by atoms with E-state index in [0.29, 0.717) is 0 Å². The van der Waals surface area contributed by atoms with E-state index in [4.69, 9.17) is 4.74 Å². The Morgan fingerprint density at radius 2 is 1.67 bits per heavy atom. The first-order chi connectivity index (χ1) is 11.8. The number of piperazine rings is 1. The van der Waals surface area contributed by atoms with E-state index in [2.05, 4.69) is 21.7 Å². The average molecular weight is 338 g/mol. The van der Waals surface area contributed by atoms with Crippen molar-refractivity contribution in [3.63, 3.8) is 0 Å². The molecule has 0 bridgehead atoms. The van der Waals surface area contributed by atoms with E-state index in [1.165, 1.54) is 97.2 Å². The molecule has 3 aliphatic rings. The van der Waals surface area contributed by atoms with Crippen LogP contribution >= 0.6 is 0 Å². The zero-order chi connectivity index (χ0) is 16.6. The molecule has 0 aromatic heterocycles. The lowest BCUT2D eigenvalue weighted by atomic mass is 9.94. The molecule has 3 saturated heterocycles. The summed E-state index contributed by atoms with van der Waals surface area (Å²) in [6.07, 6.45) is 11.1. The van der Waals surface area contributed by atoms with E-state index < -0.39 is 0 Å². The summed E-state index contributed by atoms with van der Waals surface area (Å²) in [5.74, 6) is 0.945. The molecule has 0 saturated carbocycles. The standard InChI is InChI=1S/C20H39N3O/c1-21-12-14-23(15-13-21)20-7-3-5-11-22(18-20)10-4-2-6-19-8-16-24-17-9-19/h19-20H,2-18H2,1H3/t20-/m1/s1. The lowest BCUT2D eigenvalue weighted by Gasteiger charge is -2.39. The van der Waals surface area contributed by atoms with Crippen LogP contribution in [0.2, 0.25) is 0 Å². The van der Waals surface area contributed by atoms with Gasteiger partial charge in [0.05, 0.1) is 0 Å². The molecule has 0 amide bonds. The highest BCUT2D eigenvalue weighted by Crippen LogP contribution is 2.22. The molecule has 0 aromatic rings. The first-order valence-corrected chi connectivity index (χ1v) is 10.5. The Balaban J connectivity index is 1.35. The Labute approximate surface area is 149 Å². The van der Waals surface area contributed by atoms with Gasteiger partial charge in [-0.1, -0.05) is 19.3 Å². The van der Waals surface area contributed by atoms with Crippen LogP contribution in [0.15, 0.2) is 0 Å². The summed E-state index contributed by atoms with van der Waals surface area (Å²) in [5, 5.41) is 0. The first-order valence-electron chi connectivity index (χ1n) is 10.5. The number of ether oxygens (including phenoxy) is 1. The minimum atomic E-state index is 0.816. The van der Waals surface area contributed by atoms with E-state index in [1.54, 1.807) is 0 Å². The van der Waals surface area contributed by atoms with Crippen molar-refractivity contribution in [3.8, 4) is 0 Å². The Bertz CT molecular complexity index is 338. The Kier molecular flexibility index (Phi) is 7.84. The van der Waals surface area contributed by atoms with Crippen LogP contribution < -0.4 is 0 Å². The Morgan fingerprint density at radius 3 is 2.46 bits per heavy atom. The summed E-state index contributed by atoms with van der Waals surface area (Å²) in [6.45, 7) is 11.0. The maximum atomic E-state index is 5.48. The van der Waals surface area contributed by atoms with Crippen LogP contribution in [-0.2, 0) is 4.74 Å². The second-order valence-corrected chi connectivity index (χ2v) is 8.34. The van der Waals surface area contributed by atoms with Crippen LogP contribution in [0.5, 0.6) is 0 Å². The fourth-order valence-corrected chi connectivity index (χ4v) is 4.69. The molecule has 4 heteroatoms. The second-order valence-electron chi connectivity index (χ2n) is 8.34.